The summed E-state index contributed by atoms with van der Waals surface area (Å²) in [6, 6.07) is 11.9. The minimum atomic E-state index is 0.588. The standard InChI is InChI=1S/C15H15NO2/c1-11-9-12-7-8-17-10-14(12)15(16-11)18-13-5-3-2-4-6-13/h2-6,9H,7-8,10H2,1H3. The number of nitrogens with zero attached hydrogens (tertiary/aromatic N) is 1. The Morgan fingerprint density at radius 2 is 2.06 bits per heavy atom. The molecule has 0 unspecified atom stereocenters. The highest BCUT2D eigenvalue weighted by atomic mass is 16.5. The molecule has 0 bridgehead atoms. The van der Waals surface area contributed by atoms with Crippen LogP contribution in [0.3, 0.4) is 0 Å². The van der Waals surface area contributed by atoms with E-state index in [1.807, 2.05) is 37.3 Å². The summed E-state index contributed by atoms with van der Waals surface area (Å²) in [4.78, 5) is 4.48. The van der Waals surface area contributed by atoms with E-state index in [0.717, 1.165) is 30.0 Å². The van der Waals surface area contributed by atoms with Crippen molar-refractivity contribution in [2.24, 2.45) is 0 Å². The van der Waals surface area contributed by atoms with E-state index in [4.69, 9.17) is 9.47 Å². The molecular weight excluding hydrogens is 226 g/mol. The molecule has 1 aliphatic rings. The third-order valence-corrected chi connectivity index (χ3v) is 3.03. The summed E-state index contributed by atoms with van der Waals surface area (Å²) in [6.07, 6.45) is 0.934. The first kappa shape index (κ1) is 11.2. The maximum atomic E-state index is 5.87. The highest BCUT2D eigenvalue weighted by Crippen LogP contribution is 2.29. The highest BCUT2D eigenvalue weighted by Gasteiger charge is 2.17. The SMILES string of the molecule is Cc1cc2c(c(Oc3ccccc3)n1)COCC2. The van der Waals surface area contributed by atoms with Gasteiger partial charge in [0.25, 0.3) is 0 Å². The lowest BCUT2D eigenvalue weighted by Gasteiger charge is -2.19. The second-order valence-electron chi connectivity index (χ2n) is 4.42. The Kier molecular flexibility index (Phi) is 2.99. The molecule has 2 heterocycles. The van der Waals surface area contributed by atoms with Gasteiger partial charge in [0.1, 0.15) is 5.75 Å². The van der Waals surface area contributed by atoms with Crippen molar-refractivity contribution in [2.75, 3.05) is 6.61 Å². The van der Waals surface area contributed by atoms with Gasteiger partial charge in [-0.2, -0.15) is 0 Å². The molecule has 0 saturated heterocycles. The fraction of sp³-hybridized carbons (Fsp3) is 0.267. The molecule has 0 spiro atoms. The summed E-state index contributed by atoms with van der Waals surface area (Å²) in [7, 11) is 0. The van der Waals surface area contributed by atoms with Crippen molar-refractivity contribution in [3.05, 3.63) is 53.2 Å². The zero-order chi connectivity index (χ0) is 12.4. The second kappa shape index (κ2) is 4.78. The third kappa shape index (κ3) is 2.22. The summed E-state index contributed by atoms with van der Waals surface area (Å²) in [5.41, 5.74) is 3.36. The number of aryl methyl sites for hydroxylation is 1. The first-order valence-electron chi connectivity index (χ1n) is 6.13. The van der Waals surface area contributed by atoms with E-state index in [-0.39, 0.29) is 0 Å². The van der Waals surface area contributed by atoms with Crippen LogP contribution in [-0.4, -0.2) is 11.6 Å². The molecule has 2 aromatic rings. The fourth-order valence-corrected chi connectivity index (χ4v) is 2.15. The quantitative estimate of drug-likeness (QED) is 0.808. The maximum absolute atomic E-state index is 5.87. The molecule has 3 rings (SSSR count). The Bertz CT molecular complexity index is 552. The molecule has 0 saturated carbocycles. The van der Waals surface area contributed by atoms with E-state index in [9.17, 15) is 0 Å². The predicted molar refractivity (Wildman–Crippen MR) is 68.9 cm³/mol. The second-order valence-corrected chi connectivity index (χ2v) is 4.42. The van der Waals surface area contributed by atoms with Gasteiger partial charge in [0.15, 0.2) is 0 Å². The van der Waals surface area contributed by atoms with E-state index in [1.54, 1.807) is 0 Å². The molecule has 92 valence electrons. The number of pyridine rings is 1. The van der Waals surface area contributed by atoms with E-state index in [2.05, 4.69) is 11.1 Å². The molecule has 0 atom stereocenters. The number of fused-ring (bicyclic) bond motifs is 1. The molecule has 3 heteroatoms. The van der Waals surface area contributed by atoms with Gasteiger partial charge in [-0.25, -0.2) is 4.98 Å². The average Bonchev–Trinajstić information content (AvgIpc) is 2.40. The molecule has 1 aliphatic heterocycles. The van der Waals surface area contributed by atoms with Crippen LogP contribution in [0, 0.1) is 6.92 Å². The Balaban J connectivity index is 1.98. The van der Waals surface area contributed by atoms with Gasteiger partial charge in [0, 0.05) is 11.3 Å². The van der Waals surface area contributed by atoms with Gasteiger partial charge in [0.2, 0.25) is 5.88 Å². The average molecular weight is 241 g/mol. The lowest BCUT2D eigenvalue weighted by Crippen LogP contribution is -2.12. The summed E-state index contributed by atoms with van der Waals surface area (Å²) in [5, 5.41) is 0. The van der Waals surface area contributed by atoms with Crippen LogP contribution in [0.5, 0.6) is 11.6 Å². The van der Waals surface area contributed by atoms with Gasteiger partial charge in [-0.15, -0.1) is 0 Å². The predicted octanol–water partition coefficient (Wildman–Crippen LogP) is 3.26. The van der Waals surface area contributed by atoms with Gasteiger partial charge in [-0.05, 0) is 37.1 Å². The lowest BCUT2D eigenvalue weighted by molar-refractivity contribution is 0.108. The highest BCUT2D eigenvalue weighted by molar-refractivity contribution is 5.40. The van der Waals surface area contributed by atoms with Crippen molar-refractivity contribution in [3.63, 3.8) is 0 Å². The summed E-state index contributed by atoms with van der Waals surface area (Å²) < 4.78 is 11.4. The lowest BCUT2D eigenvalue weighted by atomic mass is 10.0. The van der Waals surface area contributed by atoms with E-state index in [1.165, 1.54) is 5.56 Å². The van der Waals surface area contributed by atoms with E-state index < -0.39 is 0 Å². The van der Waals surface area contributed by atoms with Crippen LogP contribution >= 0.6 is 0 Å². The fourth-order valence-electron chi connectivity index (χ4n) is 2.15. The number of aromatic nitrogens is 1. The summed E-state index contributed by atoms with van der Waals surface area (Å²) in [5.74, 6) is 1.49. The smallest absolute Gasteiger partial charge is 0.225 e. The molecule has 0 fully saturated rings. The van der Waals surface area contributed by atoms with Crippen molar-refractivity contribution >= 4 is 0 Å². The molecule has 1 aromatic carbocycles. The van der Waals surface area contributed by atoms with Crippen LogP contribution in [0.1, 0.15) is 16.8 Å². The van der Waals surface area contributed by atoms with Crippen LogP contribution in [0.4, 0.5) is 0 Å². The molecule has 0 amide bonds. The summed E-state index contributed by atoms with van der Waals surface area (Å²) in [6.45, 7) is 3.36. The minimum Gasteiger partial charge on any atom is -0.439 e. The third-order valence-electron chi connectivity index (χ3n) is 3.03. The maximum Gasteiger partial charge on any atom is 0.225 e. The zero-order valence-corrected chi connectivity index (χ0v) is 10.3. The molecule has 0 aliphatic carbocycles. The largest absolute Gasteiger partial charge is 0.439 e. The molecule has 0 radical (unpaired) electrons. The Morgan fingerprint density at radius 1 is 1.22 bits per heavy atom. The molecular formula is C15H15NO2. The Labute approximate surface area is 106 Å². The molecule has 18 heavy (non-hydrogen) atoms. The molecule has 1 aromatic heterocycles. The first-order chi connectivity index (χ1) is 8.83. The van der Waals surface area contributed by atoms with Crippen LogP contribution in [0.2, 0.25) is 0 Å². The van der Waals surface area contributed by atoms with Gasteiger partial charge < -0.3 is 9.47 Å². The van der Waals surface area contributed by atoms with Gasteiger partial charge in [-0.3, -0.25) is 0 Å². The number of hydrogen-bond donors (Lipinski definition) is 0. The van der Waals surface area contributed by atoms with Crippen molar-refractivity contribution in [1.29, 1.82) is 0 Å². The van der Waals surface area contributed by atoms with Gasteiger partial charge in [-0.1, -0.05) is 18.2 Å². The zero-order valence-electron chi connectivity index (χ0n) is 10.3. The van der Waals surface area contributed by atoms with Crippen molar-refractivity contribution < 1.29 is 9.47 Å². The molecule has 0 N–H and O–H groups in total. The van der Waals surface area contributed by atoms with Crippen molar-refractivity contribution in [3.8, 4) is 11.6 Å². The number of hydrogen-bond acceptors (Lipinski definition) is 3. The van der Waals surface area contributed by atoms with Crippen LogP contribution < -0.4 is 4.74 Å². The topological polar surface area (TPSA) is 31.4 Å². The van der Waals surface area contributed by atoms with Crippen molar-refractivity contribution in [1.82, 2.24) is 4.98 Å². The van der Waals surface area contributed by atoms with Gasteiger partial charge >= 0.3 is 0 Å². The number of benzene rings is 1. The number of para-hydroxylation sites is 1. The Hall–Kier alpha value is -1.87. The normalized spacial score (nSPS) is 14.1. The Morgan fingerprint density at radius 3 is 2.89 bits per heavy atom. The van der Waals surface area contributed by atoms with E-state index in [0.29, 0.717) is 12.5 Å². The van der Waals surface area contributed by atoms with Crippen LogP contribution in [-0.2, 0) is 17.8 Å². The van der Waals surface area contributed by atoms with Crippen molar-refractivity contribution in [2.45, 2.75) is 20.0 Å². The van der Waals surface area contributed by atoms with Crippen LogP contribution in [0.25, 0.3) is 0 Å². The van der Waals surface area contributed by atoms with E-state index >= 15 is 0 Å². The van der Waals surface area contributed by atoms with Gasteiger partial charge in [0.05, 0.1) is 13.2 Å². The number of rotatable bonds is 2. The summed E-state index contributed by atoms with van der Waals surface area (Å²) >= 11 is 0. The minimum absolute atomic E-state index is 0.588. The molecule has 3 nitrogen and oxygen atoms in total. The monoisotopic (exact) mass is 241 g/mol. The first-order valence-corrected chi connectivity index (χ1v) is 6.13. The van der Waals surface area contributed by atoms with Crippen LogP contribution in [0.15, 0.2) is 36.4 Å². The number of ether oxygens (including phenoxy) is 2.